The Bertz CT molecular complexity index is 657. The van der Waals surface area contributed by atoms with Gasteiger partial charge < -0.3 is 9.64 Å². The van der Waals surface area contributed by atoms with Gasteiger partial charge in [0.15, 0.2) is 6.29 Å². The first-order chi connectivity index (χ1) is 10.8. The van der Waals surface area contributed by atoms with Gasteiger partial charge in [-0.2, -0.15) is 0 Å². The van der Waals surface area contributed by atoms with Gasteiger partial charge in [0.1, 0.15) is 12.4 Å². The summed E-state index contributed by atoms with van der Waals surface area (Å²) in [6.07, 6.45) is 6.77. The van der Waals surface area contributed by atoms with Crippen LogP contribution < -0.4 is 4.74 Å². The first-order valence-electron chi connectivity index (χ1n) is 7.60. The van der Waals surface area contributed by atoms with Crippen LogP contribution >= 0.6 is 0 Å². The summed E-state index contributed by atoms with van der Waals surface area (Å²) in [6.45, 7) is 1.82. The first kappa shape index (κ1) is 14.7. The van der Waals surface area contributed by atoms with E-state index < -0.39 is 0 Å². The lowest BCUT2D eigenvalue weighted by molar-refractivity contribution is 0.112. The van der Waals surface area contributed by atoms with Gasteiger partial charge in [-0.15, -0.1) is 0 Å². The minimum absolute atomic E-state index is 0.478. The van der Waals surface area contributed by atoms with Crippen LogP contribution in [0.25, 0.3) is 11.1 Å². The van der Waals surface area contributed by atoms with E-state index >= 15 is 0 Å². The predicted octanol–water partition coefficient (Wildman–Crippen LogP) is 3.03. The van der Waals surface area contributed by atoms with Gasteiger partial charge in [-0.25, -0.2) is 0 Å². The second-order valence-electron chi connectivity index (χ2n) is 5.70. The van der Waals surface area contributed by atoms with Crippen molar-refractivity contribution in [2.45, 2.75) is 18.9 Å². The number of carbonyl (C=O) groups is 1. The average Bonchev–Trinajstić information content (AvgIpc) is 2.98. The molecule has 22 heavy (non-hydrogen) atoms. The zero-order valence-corrected chi connectivity index (χ0v) is 12.7. The molecule has 0 saturated carbocycles. The molecular formula is C18H20N2O2. The minimum atomic E-state index is 0.478. The molecule has 3 rings (SSSR count). The molecule has 0 spiro atoms. The molecule has 1 aromatic heterocycles. The van der Waals surface area contributed by atoms with Crippen LogP contribution in [0.2, 0.25) is 0 Å². The number of aldehydes is 1. The lowest BCUT2D eigenvalue weighted by atomic mass is 10.0. The van der Waals surface area contributed by atoms with Gasteiger partial charge >= 0.3 is 0 Å². The summed E-state index contributed by atoms with van der Waals surface area (Å²) in [6, 6.07) is 9.94. The molecule has 1 atom stereocenters. The van der Waals surface area contributed by atoms with Gasteiger partial charge in [0.2, 0.25) is 0 Å². The zero-order valence-electron chi connectivity index (χ0n) is 12.7. The summed E-state index contributed by atoms with van der Waals surface area (Å²) in [5.41, 5.74) is 2.45. The molecule has 1 aliphatic heterocycles. The highest BCUT2D eigenvalue weighted by atomic mass is 16.5. The van der Waals surface area contributed by atoms with Crippen molar-refractivity contribution in [1.29, 1.82) is 0 Å². The Balaban J connectivity index is 1.76. The molecule has 0 bridgehead atoms. The number of nitrogens with zero attached hydrogens (tertiary/aromatic N) is 2. The lowest BCUT2D eigenvalue weighted by Gasteiger charge is -2.19. The predicted molar refractivity (Wildman–Crippen MR) is 86.2 cm³/mol. The number of rotatable bonds is 5. The normalized spacial score (nSPS) is 18.3. The molecule has 1 aliphatic rings. The summed E-state index contributed by atoms with van der Waals surface area (Å²) in [4.78, 5) is 17.7. The third-order valence-corrected chi connectivity index (χ3v) is 4.23. The highest BCUT2D eigenvalue weighted by molar-refractivity contribution is 5.87. The lowest BCUT2D eigenvalue weighted by Crippen LogP contribution is -2.30. The van der Waals surface area contributed by atoms with Crippen molar-refractivity contribution < 1.29 is 9.53 Å². The Morgan fingerprint density at radius 1 is 1.36 bits per heavy atom. The summed E-state index contributed by atoms with van der Waals surface area (Å²) in [5, 5.41) is 0. The SMILES string of the molecule is CN1CCC[C@H]1COc1cncc(-c2ccccc2C=O)c1. The molecule has 1 aromatic carbocycles. The van der Waals surface area contributed by atoms with E-state index in [0.717, 1.165) is 29.7 Å². The molecule has 1 saturated heterocycles. The third-order valence-electron chi connectivity index (χ3n) is 4.23. The van der Waals surface area contributed by atoms with Crippen molar-refractivity contribution in [3.05, 3.63) is 48.3 Å². The topological polar surface area (TPSA) is 42.4 Å². The zero-order chi connectivity index (χ0) is 15.4. The molecule has 0 N–H and O–H groups in total. The Hall–Kier alpha value is -2.20. The van der Waals surface area contributed by atoms with Crippen LogP contribution in [-0.2, 0) is 0 Å². The number of likely N-dealkylation sites (tertiary alicyclic amines) is 1. The maximum absolute atomic E-state index is 11.2. The van der Waals surface area contributed by atoms with E-state index in [9.17, 15) is 4.79 Å². The average molecular weight is 296 g/mol. The van der Waals surface area contributed by atoms with E-state index in [1.807, 2.05) is 30.3 Å². The Kier molecular flexibility index (Phi) is 4.49. The molecule has 114 valence electrons. The van der Waals surface area contributed by atoms with Crippen molar-refractivity contribution in [2.24, 2.45) is 0 Å². The number of benzene rings is 1. The number of likely N-dealkylation sites (N-methyl/N-ethyl adjacent to an activating group) is 1. The second kappa shape index (κ2) is 6.71. The molecule has 2 aromatic rings. The number of pyridine rings is 1. The van der Waals surface area contributed by atoms with E-state index in [1.165, 1.54) is 12.8 Å². The molecular weight excluding hydrogens is 276 g/mol. The van der Waals surface area contributed by atoms with Crippen LogP contribution in [0.5, 0.6) is 5.75 Å². The molecule has 0 radical (unpaired) electrons. The highest BCUT2D eigenvalue weighted by Gasteiger charge is 2.21. The standard InChI is InChI=1S/C18H20N2O2/c1-20-8-4-6-16(20)13-22-17-9-15(10-19-11-17)18-7-3-2-5-14(18)12-21/h2-3,5,7,9-12,16H,4,6,8,13H2,1H3/t16-/m0/s1. The van der Waals surface area contributed by atoms with Gasteiger partial charge in [0.05, 0.1) is 6.20 Å². The van der Waals surface area contributed by atoms with Crippen molar-refractivity contribution in [3.8, 4) is 16.9 Å². The highest BCUT2D eigenvalue weighted by Crippen LogP contribution is 2.25. The fourth-order valence-electron chi connectivity index (χ4n) is 2.89. The molecule has 1 fully saturated rings. The van der Waals surface area contributed by atoms with Crippen LogP contribution in [0, 0.1) is 0 Å². The van der Waals surface area contributed by atoms with E-state index in [-0.39, 0.29) is 0 Å². The van der Waals surface area contributed by atoms with Crippen molar-refractivity contribution in [3.63, 3.8) is 0 Å². The van der Waals surface area contributed by atoms with Gasteiger partial charge in [0.25, 0.3) is 0 Å². The maximum Gasteiger partial charge on any atom is 0.150 e. The summed E-state index contributed by atoms with van der Waals surface area (Å²) >= 11 is 0. The van der Waals surface area contributed by atoms with Crippen molar-refractivity contribution >= 4 is 6.29 Å². The third kappa shape index (κ3) is 3.17. The largest absolute Gasteiger partial charge is 0.490 e. The molecule has 0 amide bonds. The van der Waals surface area contributed by atoms with Crippen LogP contribution in [0.1, 0.15) is 23.2 Å². The smallest absolute Gasteiger partial charge is 0.150 e. The molecule has 2 heterocycles. The molecule has 4 nitrogen and oxygen atoms in total. The Morgan fingerprint density at radius 3 is 3.00 bits per heavy atom. The van der Waals surface area contributed by atoms with Crippen LogP contribution in [0.15, 0.2) is 42.7 Å². The monoisotopic (exact) mass is 296 g/mol. The maximum atomic E-state index is 11.2. The van der Waals surface area contributed by atoms with E-state index in [0.29, 0.717) is 18.2 Å². The summed E-state index contributed by atoms with van der Waals surface area (Å²) < 4.78 is 5.90. The van der Waals surface area contributed by atoms with E-state index in [1.54, 1.807) is 12.4 Å². The minimum Gasteiger partial charge on any atom is -0.490 e. The quantitative estimate of drug-likeness (QED) is 0.795. The number of ether oxygens (including phenoxy) is 1. The van der Waals surface area contributed by atoms with Crippen LogP contribution in [-0.4, -0.2) is 42.4 Å². The Morgan fingerprint density at radius 2 is 2.23 bits per heavy atom. The molecule has 0 aliphatic carbocycles. The number of aromatic nitrogens is 1. The number of hydrogen-bond donors (Lipinski definition) is 0. The van der Waals surface area contributed by atoms with E-state index in [4.69, 9.17) is 4.74 Å². The Labute approximate surface area is 130 Å². The molecule has 4 heteroatoms. The van der Waals surface area contributed by atoms with Crippen molar-refractivity contribution in [1.82, 2.24) is 9.88 Å². The fourth-order valence-corrected chi connectivity index (χ4v) is 2.89. The summed E-state index contributed by atoms with van der Waals surface area (Å²) in [7, 11) is 2.13. The molecule has 0 unspecified atom stereocenters. The van der Waals surface area contributed by atoms with Gasteiger partial charge in [-0.3, -0.25) is 9.78 Å². The summed E-state index contributed by atoms with van der Waals surface area (Å²) in [5.74, 6) is 0.749. The van der Waals surface area contributed by atoms with Crippen LogP contribution in [0.3, 0.4) is 0 Å². The fraction of sp³-hybridized carbons (Fsp3) is 0.333. The van der Waals surface area contributed by atoms with Gasteiger partial charge in [-0.1, -0.05) is 24.3 Å². The van der Waals surface area contributed by atoms with Crippen LogP contribution in [0.4, 0.5) is 0 Å². The number of hydrogen-bond acceptors (Lipinski definition) is 4. The van der Waals surface area contributed by atoms with Crippen molar-refractivity contribution in [2.75, 3.05) is 20.2 Å². The second-order valence-corrected chi connectivity index (χ2v) is 5.70. The number of carbonyl (C=O) groups excluding carboxylic acids is 1. The van der Waals surface area contributed by atoms with Gasteiger partial charge in [-0.05, 0) is 38.1 Å². The van der Waals surface area contributed by atoms with E-state index in [2.05, 4.69) is 16.9 Å². The van der Waals surface area contributed by atoms with Gasteiger partial charge in [0, 0.05) is 23.4 Å². The first-order valence-corrected chi connectivity index (χ1v) is 7.60.